The van der Waals surface area contributed by atoms with Gasteiger partial charge in [0.05, 0.1) is 12.1 Å². The van der Waals surface area contributed by atoms with Crippen molar-refractivity contribution in [2.24, 2.45) is 5.92 Å². The zero-order valence-corrected chi connectivity index (χ0v) is 14.8. The molecule has 2 heterocycles. The van der Waals surface area contributed by atoms with E-state index in [1.165, 1.54) is 0 Å². The number of carbonyl (C=O) groups is 2. The first-order valence-corrected chi connectivity index (χ1v) is 8.87. The Bertz CT molecular complexity index is 766. The molecule has 1 unspecified atom stereocenters. The van der Waals surface area contributed by atoms with Crippen LogP contribution in [0.15, 0.2) is 42.9 Å². The first kappa shape index (κ1) is 17.8. The van der Waals surface area contributed by atoms with Gasteiger partial charge in [0.1, 0.15) is 5.82 Å². The Morgan fingerprint density at radius 3 is 2.96 bits per heavy atom. The SMILES string of the molecule is CCNC(=O)c1cccc(NC(=O)C2CCCN(c3cnccn3)C2)c1. The van der Waals surface area contributed by atoms with Gasteiger partial charge in [-0.2, -0.15) is 0 Å². The van der Waals surface area contributed by atoms with Gasteiger partial charge in [-0.05, 0) is 38.0 Å². The lowest BCUT2D eigenvalue weighted by molar-refractivity contribution is -0.120. The molecule has 1 atom stereocenters. The van der Waals surface area contributed by atoms with Gasteiger partial charge in [-0.25, -0.2) is 4.98 Å². The van der Waals surface area contributed by atoms with Crippen LogP contribution in [-0.4, -0.2) is 41.4 Å². The van der Waals surface area contributed by atoms with E-state index in [9.17, 15) is 9.59 Å². The van der Waals surface area contributed by atoms with Crippen LogP contribution in [-0.2, 0) is 4.79 Å². The molecule has 26 heavy (non-hydrogen) atoms. The molecule has 0 saturated carbocycles. The summed E-state index contributed by atoms with van der Waals surface area (Å²) >= 11 is 0. The topological polar surface area (TPSA) is 87.2 Å². The molecule has 1 fully saturated rings. The number of rotatable bonds is 5. The van der Waals surface area contributed by atoms with Crippen molar-refractivity contribution < 1.29 is 9.59 Å². The van der Waals surface area contributed by atoms with Crippen LogP contribution in [0.4, 0.5) is 11.5 Å². The third kappa shape index (κ3) is 4.36. The Morgan fingerprint density at radius 1 is 1.31 bits per heavy atom. The molecule has 2 amide bonds. The zero-order chi connectivity index (χ0) is 18.4. The minimum atomic E-state index is -0.143. The van der Waals surface area contributed by atoms with Crippen molar-refractivity contribution in [3.8, 4) is 0 Å². The predicted molar refractivity (Wildman–Crippen MR) is 100 cm³/mol. The number of amides is 2. The van der Waals surface area contributed by atoms with Crippen LogP contribution < -0.4 is 15.5 Å². The standard InChI is InChI=1S/C19H23N5O2/c1-2-21-18(25)14-5-3-7-16(11-14)23-19(26)15-6-4-10-24(13-15)17-12-20-8-9-22-17/h3,5,7-9,11-12,15H,2,4,6,10,13H2,1H3,(H,21,25)(H,23,26). The van der Waals surface area contributed by atoms with E-state index in [0.717, 1.165) is 25.2 Å². The first-order valence-electron chi connectivity index (χ1n) is 8.87. The van der Waals surface area contributed by atoms with Gasteiger partial charge in [0, 0.05) is 43.3 Å². The van der Waals surface area contributed by atoms with E-state index in [2.05, 4.69) is 25.5 Å². The number of aromatic nitrogens is 2. The number of benzene rings is 1. The van der Waals surface area contributed by atoms with E-state index in [-0.39, 0.29) is 17.7 Å². The molecule has 0 aliphatic carbocycles. The minimum absolute atomic E-state index is 0.0355. The monoisotopic (exact) mass is 353 g/mol. The molecule has 1 aliphatic heterocycles. The normalized spacial score (nSPS) is 16.8. The van der Waals surface area contributed by atoms with Gasteiger partial charge in [-0.1, -0.05) is 6.07 Å². The molecule has 2 aromatic rings. The summed E-state index contributed by atoms with van der Waals surface area (Å²) in [6.07, 6.45) is 6.77. The summed E-state index contributed by atoms with van der Waals surface area (Å²) in [5.74, 6) is 0.490. The van der Waals surface area contributed by atoms with Crippen molar-refractivity contribution in [3.05, 3.63) is 48.4 Å². The second-order valence-corrected chi connectivity index (χ2v) is 6.28. The molecule has 2 N–H and O–H groups in total. The number of anilines is 2. The Kier molecular flexibility index (Phi) is 5.78. The molecular formula is C19H23N5O2. The average Bonchev–Trinajstić information content (AvgIpc) is 2.69. The van der Waals surface area contributed by atoms with E-state index < -0.39 is 0 Å². The van der Waals surface area contributed by atoms with Crippen molar-refractivity contribution in [3.63, 3.8) is 0 Å². The number of nitrogens with one attached hydrogen (secondary N) is 2. The number of hydrogen-bond donors (Lipinski definition) is 2. The molecule has 7 heteroatoms. The van der Waals surface area contributed by atoms with Gasteiger partial charge in [0.25, 0.3) is 5.91 Å². The Morgan fingerprint density at radius 2 is 2.19 bits per heavy atom. The molecule has 1 aromatic heterocycles. The number of hydrogen-bond acceptors (Lipinski definition) is 5. The predicted octanol–water partition coefficient (Wildman–Crippen LogP) is 2.08. The second-order valence-electron chi connectivity index (χ2n) is 6.28. The molecular weight excluding hydrogens is 330 g/mol. The van der Waals surface area contributed by atoms with Crippen LogP contribution in [0.1, 0.15) is 30.1 Å². The Labute approximate surface area is 152 Å². The lowest BCUT2D eigenvalue weighted by atomic mass is 9.97. The van der Waals surface area contributed by atoms with Gasteiger partial charge >= 0.3 is 0 Å². The highest BCUT2D eigenvalue weighted by Gasteiger charge is 2.26. The van der Waals surface area contributed by atoms with Gasteiger partial charge in [-0.15, -0.1) is 0 Å². The Balaban J connectivity index is 1.64. The summed E-state index contributed by atoms with van der Waals surface area (Å²) in [4.78, 5) is 35.1. The maximum Gasteiger partial charge on any atom is 0.251 e. The van der Waals surface area contributed by atoms with Crippen LogP contribution in [0.3, 0.4) is 0 Å². The third-order valence-corrected chi connectivity index (χ3v) is 4.40. The highest BCUT2D eigenvalue weighted by molar-refractivity contribution is 5.97. The van der Waals surface area contributed by atoms with E-state index in [1.54, 1.807) is 42.9 Å². The summed E-state index contributed by atoms with van der Waals surface area (Å²) in [7, 11) is 0. The molecule has 1 aliphatic rings. The van der Waals surface area contributed by atoms with Crippen LogP contribution in [0, 0.1) is 5.92 Å². The largest absolute Gasteiger partial charge is 0.355 e. The van der Waals surface area contributed by atoms with E-state index in [0.29, 0.717) is 24.3 Å². The van der Waals surface area contributed by atoms with E-state index in [1.807, 2.05) is 6.92 Å². The summed E-state index contributed by atoms with van der Waals surface area (Å²) in [5.41, 5.74) is 1.17. The van der Waals surface area contributed by atoms with Gasteiger partial charge in [0.15, 0.2) is 0 Å². The van der Waals surface area contributed by atoms with Crippen LogP contribution in [0.2, 0.25) is 0 Å². The molecule has 1 saturated heterocycles. The summed E-state index contributed by atoms with van der Waals surface area (Å²) < 4.78 is 0. The van der Waals surface area contributed by atoms with Crippen LogP contribution in [0.25, 0.3) is 0 Å². The molecule has 0 radical (unpaired) electrons. The third-order valence-electron chi connectivity index (χ3n) is 4.40. The number of carbonyl (C=O) groups excluding carboxylic acids is 2. The van der Waals surface area contributed by atoms with Crippen molar-refractivity contribution in [2.45, 2.75) is 19.8 Å². The van der Waals surface area contributed by atoms with Crippen molar-refractivity contribution in [1.82, 2.24) is 15.3 Å². The van der Waals surface area contributed by atoms with Crippen molar-refractivity contribution in [1.29, 1.82) is 0 Å². The number of nitrogens with zero attached hydrogens (tertiary/aromatic N) is 3. The summed E-state index contributed by atoms with van der Waals surface area (Å²) in [6, 6.07) is 7.00. The maximum atomic E-state index is 12.7. The van der Waals surface area contributed by atoms with Crippen molar-refractivity contribution >= 4 is 23.3 Å². The molecule has 0 spiro atoms. The fourth-order valence-corrected chi connectivity index (χ4v) is 3.10. The molecule has 7 nitrogen and oxygen atoms in total. The van der Waals surface area contributed by atoms with Gasteiger partial charge in [-0.3, -0.25) is 14.6 Å². The van der Waals surface area contributed by atoms with E-state index in [4.69, 9.17) is 0 Å². The fourth-order valence-electron chi connectivity index (χ4n) is 3.10. The quantitative estimate of drug-likeness (QED) is 0.859. The zero-order valence-electron chi connectivity index (χ0n) is 14.8. The van der Waals surface area contributed by atoms with Crippen LogP contribution in [0.5, 0.6) is 0 Å². The Hall–Kier alpha value is -2.96. The van der Waals surface area contributed by atoms with Gasteiger partial charge in [0.2, 0.25) is 5.91 Å². The van der Waals surface area contributed by atoms with Gasteiger partial charge < -0.3 is 15.5 Å². The lowest BCUT2D eigenvalue weighted by Crippen LogP contribution is -2.41. The van der Waals surface area contributed by atoms with E-state index >= 15 is 0 Å². The smallest absolute Gasteiger partial charge is 0.251 e. The summed E-state index contributed by atoms with van der Waals surface area (Å²) in [6.45, 7) is 3.92. The minimum Gasteiger partial charge on any atom is -0.355 e. The lowest BCUT2D eigenvalue weighted by Gasteiger charge is -2.32. The second kappa shape index (κ2) is 8.42. The highest BCUT2D eigenvalue weighted by atomic mass is 16.2. The molecule has 0 bridgehead atoms. The average molecular weight is 353 g/mol. The fraction of sp³-hybridized carbons (Fsp3) is 0.368. The van der Waals surface area contributed by atoms with Crippen molar-refractivity contribution in [2.75, 3.05) is 29.9 Å². The molecule has 1 aromatic carbocycles. The first-order chi connectivity index (χ1) is 12.7. The highest BCUT2D eigenvalue weighted by Crippen LogP contribution is 2.22. The maximum absolute atomic E-state index is 12.7. The summed E-state index contributed by atoms with van der Waals surface area (Å²) in [5, 5.41) is 5.70. The molecule has 3 rings (SSSR count). The van der Waals surface area contributed by atoms with Crippen LogP contribution >= 0.6 is 0 Å². The number of piperidine rings is 1. The molecule has 136 valence electrons.